The van der Waals surface area contributed by atoms with Gasteiger partial charge in [0.1, 0.15) is 0 Å². The molecule has 15 heavy (non-hydrogen) atoms. The van der Waals surface area contributed by atoms with Crippen LogP contribution in [-0.4, -0.2) is 25.8 Å². The molecule has 0 aliphatic heterocycles. The predicted octanol–water partition coefficient (Wildman–Crippen LogP) is 3.36. The fourth-order valence-electron chi connectivity index (χ4n) is 1.85. The van der Waals surface area contributed by atoms with E-state index >= 15 is 0 Å². The summed E-state index contributed by atoms with van der Waals surface area (Å²) in [4.78, 5) is 0. The molecule has 0 amide bonds. The fourth-order valence-corrected chi connectivity index (χ4v) is 1.85. The third-order valence-electron chi connectivity index (χ3n) is 2.69. The van der Waals surface area contributed by atoms with Crippen molar-refractivity contribution in [3.63, 3.8) is 0 Å². The number of rotatable bonds is 11. The van der Waals surface area contributed by atoms with Crippen LogP contribution in [0, 0.1) is 0 Å². The minimum absolute atomic E-state index is 0.710. The summed E-state index contributed by atoms with van der Waals surface area (Å²) in [5.41, 5.74) is 0. The Hall–Kier alpha value is -0.0800. The zero-order valence-electron chi connectivity index (χ0n) is 10.8. The fraction of sp³-hybridized carbons (Fsp3) is 1.00. The number of hydrogen-bond donors (Lipinski definition) is 1. The quantitative estimate of drug-likeness (QED) is 0.534. The number of hydrogen-bond acceptors (Lipinski definition) is 2. The molecule has 0 aromatic carbocycles. The molecule has 1 N–H and O–H groups in total. The van der Waals surface area contributed by atoms with Crippen molar-refractivity contribution in [3.05, 3.63) is 0 Å². The van der Waals surface area contributed by atoms with Crippen molar-refractivity contribution >= 4 is 0 Å². The Labute approximate surface area is 95.8 Å². The Kier molecular flexibility index (Phi) is 11.9. The lowest BCUT2D eigenvalue weighted by atomic mass is 10.0. The molecule has 0 aromatic heterocycles. The molecule has 0 rings (SSSR count). The van der Waals surface area contributed by atoms with Gasteiger partial charge in [0.2, 0.25) is 0 Å². The summed E-state index contributed by atoms with van der Waals surface area (Å²) < 4.78 is 5.36. The first-order valence-corrected chi connectivity index (χ1v) is 6.66. The van der Waals surface area contributed by atoms with Gasteiger partial charge in [-0.25, -0.2) is 0 Å². The van der Waals surface area contributed by atoms with E-state index in [0.717, 1.165) is 19.8 Å². The second-order valence-corrected chi connectivity index (χ2v) is 4.09. The van der Waals surface area contributed by atoms with Gasteiger partial charge in [-0.2, -0.15) is 0 Å². The highest BCUT2D eigenvalue weighted by Crippen LogP contribution is 2.08. The van der Waals surface area contributed by atoms with Crippen LogP contribution in [0.2, 0.25) is 0 Å². The summed E-state index contributed by atoms with van der Waals surface area (Å²) >= 11 is 0. The molecular weight excluding hydrogens is 186 g/mol. The van der Waals surface area contributed by atoms with E-state index in [1.807, 2.05) is 0 Å². The van der Waals surface area contributed by atoms with E-state index in [1.165, 1.54) is 38.5 Å². The summed E-state index contributed by atoms with van der Waals surface area (Å²) in [5.74, 6) is 0. The largest absolute Gasteiger partial charge is 0.382 e. The average molecular weight is 215 g/mol. The highest BCUT2D eigenvalue weighted by Gasteiger charge is 2.05. The minimum atomic E-state index is 0.710. The maximum absolute atomic E-state index is 5.36. The second kappa shape index (κ2) is 12.0. The van der Waals surface area contributed by atoms with Crippen molar-refractivity contribution in [1.29, 1.82) is 0 Å². The molecule has 0 bridgehead atoms. The van der Waals surface area contributed by atoms with Gasteiger partial charge in [-0.1, -0.05) is 33.1 Å². The van der Waals surface area contributed by atoms with E-state index in [1.54, 1.807) is 0 Å². The Morgan fingerprint density at radius 2 is 1.73 bits per heavy atom. The molecule has 0 radical (unpaired) electrons. The minimum Gasteiger partial charge on any atom is -0.382 e. The van der Waals surface area contributed by atoms with Gasteiger partial charge in [-0.15, -0.1) is 0 Å². The molecular formula is C13H29NO. The van der Waals surface area contributed by atoms with Crippen LogP contribution >= 0.6 is 0 Å². The lowest BCUT2D eigenvalue weighted by Crippen LogP contribution is -2.29. The normalized spacial score (nSPS) is 13.0. The van der Waals surface area contributed by atoms with E-state index in [4.69, 9.17) is 4.74 Å². The summed E-state index contributed by atoms with van der Waals surface area (Å²) in [7, 11) is 0. The Morgan fingerprint density at radius 1 is 1.00 bits per heavy atom. The van der Waals surface area contributed by atoms with Crippen LogP contribution in [0.5, 0.6) is 0 Å². The molecule has 0 saturated heterocycles. The summed E-state index contributed by atoms with van der Waals surface area (Å²) in [6, 6.07) is 0.710. The van der Waals surface area contributed by atoms with Gasteiger partial charge in [-0.05, 0) is 32.7 Å². The van der Waals surface area contributed by atoms with Crippen LogP contribution in [-0.2, 0) is 4.74 Å². The summed E-state index contributed by atoms with van der Waals surface area (Å²) in [5, 5.41) is 3.56. The van der Waals surface area contributed by atoms with Crippen LogP contribution in [0.4, 0.5) is 0 Å². The van der Waals surface area contributed by atoms with Crippen LogP contribution < -0.4 is 5.32 Å². The first kappa shape index (κ1) is 14.9. The highest BCUT2D eigenvalue weighted by atomic mass is 16.5. The monoisotopic (exact) mass is 215 g/mol. The van der Waals surface area contributed by atoms with Crippen molar-refractivity contribution < 1.29 is 4.74 Å². The molecule has 1 unspecified atom stereocenters. The molecule has 1 atom stereocenters. The Morgan fingerprint density at radius 3 is 2.33 bits per heavy atom. The first-order valence-electron chi connectivity index (χ1n) is 6.66. The highest BCUT2D eigenvalue weighted by molar-refractivity contribution is 4.65. The average Bonchev–Trinajstić information content (AvgIpc) is 2.24. The molecule has 92 valence electrons. The molecule has 2 heteroatoms. The van der Waals surface area contributed by atoms with Gasteiger partial charge in [0, 0.05) is 19.3 Å². The SMILES string of the molecule is CCCCCC(CCCOCC)NCC. The molecule has 2 nitrogen and oxygen atoms in total. The maximum atomic E-state index is 5.36. The molecule has 0 saturated carbocycles. The second-order valence-electron chi connectivity index (χ2n) is 4.09. The molecule has 0 aliphatic carbocycles. The van der Waals surface area contributed by atoms with Crippen molar-refractivity contribution in [2.45, 2.75) is 65.3 Å². The molecule has 0 aliphatic rings. The maximum Gasteiger partial charge on any atom is 0.0466 e. The number of nitrogens with one attached hydrogen (secondary N) is 1. The Bertz CT molecular complexity index is 117. The zero-order valence-corrected chi connectivity index (χ0v) is 10.8. The van der Waals surface area contributed by atoms with Gasteiger partial charge in [0.05, 0.1) is 0 Å². The lowest BCUT2D eigenvalue weighted by molar-refractivity contribution is 0.140. The van der Waals surface area contributed by atoms with Gasteiger partial charge in [0.25, 0.3) is 0 Å². The predicted molar refractivity (Wildman–Crippen MR) is 67.3 cm³/mol. The lowest BCUT2D eigenvalue weighted by Gasteiger charge is -2.17. The number of ether oxygens (including phenoxy) is 1. The van der Waals surface area contributed by atoms with E-state index in [0.29, 0.717) is 6.04 Å². The number of unbranched alkanes of at least 4 members (excludes halogenated alkanes) is 2. The zero-order chi connectivity index (χ0) is 11.4. The van der Waals surface area contributed by atoms with Crippen LogP contribution in [0.15, 0.2) is 0 Å². The van der Waals surface area contributed by atoms with Crippen LogP contribution in [0.25, 0.3) is 0 Å². The van der Waals surface area contributed by atoms with Gasteiger partial charge < -0.3 is 10.1 Å². The van der Waals surface area contributed by atoms with E-state index in [2.05, 4.69) is 26.1 Å². The molecule has 0 heterocycles. The van der Waals surface area contributed by atoms with E-state index in [-0.39, 0.29) is 0 Å². The van der Waals surface area contributed by atoms with E-state index < -0.39 is 0 Å². The third-order valence-corrected chi connectivity index (χ3v) is 2.69. The molecule has 0 spiro atoms. The van der Waals surface area contributed by atoms with Gasteiger partial charge in [-0.3, -0.25) is 0 Å². The summed E-state index contributed by atoms with van der Waals surface area (Å²) in [6.07, 6.45) is 7.83. The van der Waals surface area contributed by atoms with Crippen molar-refractivity contribution in [2.24, 2.45) is 0 Å². The van der Waals surface area contributed by atoms with Gasteiger partial charge >= 0.3 is 0 Å². The Balaban J connectivity index is 3.44. The van der Waals surface area contributed by atoms with Crippen molar-refractivity contribution in [2.75, 3.05) is 19.8 Å². The van der Waals surface area contributed by atoms with Crippen LogP contribution in [0.3, 0.4) is 0 Å². The molecule has 0 aromatic rings. The van der Waals surface area contributed by atoms with Crippen molar-refractivity contribution in [3.8, 4) is 0 Å². The summed E-state index contributed by atoms with van der Waals surface area (Å²) in [6.45, 7) is 9.37. The smallest absolute Gasteiger partial charge is 0.0466 e. The van der Waals surface area contributed by atoms with Crippen molar-refractivity contribution in [1.82, 2.24) is 5.32 Å². The van der Waals surface area contributed by atoms with Crippen LogP contribution in [0.1, 0.15) is 59.3 Å². The standard InChI is InChI=1S/C13H29NO/c1-4-7-8-10-13(14-5-2)11-9-12-15-6-3/h13-14H,4-12H2,1-3H3. The third kappa shape index (κ3) is 10.2. The topological polar surface area (TPSA) is 21.3 Å². The molecule has 0 fully saturated rings. The van der Waals surface area contributed by atoms with E-state index in [9.17, 15) is 0 Å². The van der Waals surface area contributed by atoms with Gasteiger partial charge in [0.15, 0.2) is 0 Å². The first-order chi connectivity index (χ1) is 7.35.